The number of hydrogen-bond acceptors (Lipinski definition) is 1. The second-order valence-electron chi connectivity index (χ2n) is 2.95. The molecule has 0 heterocycles. The van der Waals surface area contributed by atoms with Crippen LogP contribution in [0.3, 0.4) is 0 Å². The van der Waals surface area contributed by atoms with Gasteiger partial charge in [-0.05, 0) is 31.3 Å². The molecule has 1 aliphatic carbocycles. The van der Waals surface area contributed by atoms with Gasteiger partial charge < -0.3 is 5.11 Å². The van der Waals surface area contributed by atoms with Gasteiger partial charge in [-0.25, -0.2) is 0 Å². The molecule has 11 heavy (non-hydrogen) atoms. The number of aliphatic hydroxyl groups is 1. The van der Waals surface area contributed by atoms with Crippen LogP contribution in [-0.2, 0) is 0 Å². The van der Waals surface area contributed by atoms with E-state index in [-0.39, 0.29) is 6.10 Å². The molecule has 0 aromatic rings. The molecule has 0 saturated heterocycles. The molecule has 0 aromatic heterocycles. The summed E-state index contributed by atoms with van der Waals surface area (Å²) in [6.07, 6.45) is 11.9. The van der Waals surface area contributed by atoms with Crippen LogP contribution in [0.25, 0.3) is 0 Å². The van der Waals surface area contributed by atoms with E-state index < -0.39 is 0 Å². The molecule has 0 bridgehead atoms. The number of hydrogen-bond donors (Lipinski definition) is 1. The van der Waals surface area contributed by atoms with Crippen LogP contribution in [0, 0.1) is 12.3 Å². The van der Waals surface area contributed by atoms with Gasteiger partial charge in [-0.3, -0.25) is 0 Å². The van der Waals surface area contributed by atoms with Crippen LogP contribution >= 0.6 is 0 Å². The number of allylic oxidation sites excluding steroid dienone is 1. The molecule has 0 spiro atoms. The van der Waals surface area contributed by atoms with Crippen molar-refractivity contribution in [3.8, 4) is 12.3 Å². The zero-order valence-electron chi connectivity index (χ0n) is 6.71. The van der Waals surface area contributed by atoms with E-state index in [1.807, 2.05) is 0 Å². The quantitative estimate of drug-likeness (QED) is 0.470. The normalized spacial score (nSPS) is 20.2. The molecular weight excluding hydrogens is 136 g/mol. The Labute approximate surface area is 68.1 Å². The maximum Gasteiger partial charge on any atom is 0.0859 e. The summed E-state index contributed by atoms with van der Waals surface area (Å²) >= 11 is 0. The summed E-state index contributed by atoms with van der Waals surface area (Å²) in [7, 11) is 0. The van der Waals surface area contributed by atoms with E-state index >= 15 is 0 Å². The van der Waals surface area contributed by atoms with Crippen molar-refractivity contribution in [2.24, 2.45) is 0 Å². The van der Waals surface area contributed by atoms with Crippen molar-refractivity contribution < 1.29 is 5.11 Å². The molecule has 0 saturated carbocycles. The Hall–Kier alpha value is -0.740. The molecule has 0 amide bonds. The fourth-order valence-corrected chi connectivity index (χ4v) is 1.41. The van der Waals surface area contributed by atoms with Gasteiger partial charge in [0.15, 0.2) is 0 Å². The first-order chi connectivity index (χ1) is 5.34. The van der Waals surface area contributed by atoms with Gasteiger partial charge in [-0.1, -0.05) is 6.08 Å². The minimum absolute atomic E-state index is 0.375. The lowest BCUT2D eigenvalue weighted by Gasteiger charge is -2.16. The molecular formula is C10H14O. The largest absolute Gasteiger partial charge is 0.388 e. The van der Waals surface area contributed by atoms with E-state index in [1.165, 1.54) is 12.8 Å². The molecule has 0 radical (unpaired) electrons. The highest BCUT2D eigenvalue weighted by molar-refractivity contribution is 5.12. The predicted octanol–water partition coefficient (Wildman–Crippen LogP) is 1.87. The van der Waals surface area contributed by atoms with Crippen LogP contribution in [0.1, 0.15) is 32.1 Å². The zero-order valence-corrected chi connectivity index (χ0v) is 6.71. The van der Waals surface area contributed by atoms with E-state index in [0.29, 0.717) is 6.42 Å². The Morgan fingerprint density at radius 1 is 1.64 bits per heavy atom. The second kappa shape index (κ2) is 4.20. The lowest BCUT2D eigenvalue weighted by atomic mass is 9.94. The van der Waals surface area contributed by atoms with Crippen molar-refractivity contribution in [1.82, 2.24) is 0 Å². The third-order valence-corrected chi connectivity index (χ3v) is 2.07. The van der Waals surface area contributed by atoms with Crippen molar-refractivity contribution in [1.29, 1.82) is 0 Å². The molecule has 0 aromatic carbocycles. The van der Waals surface area contributed by atoms with Crippen molar-refractivity contribution in [3.63, 3.8) is 0 Å². The van der Waals surface area contributed by atoms with Crippen LogP contribution in [0.2, 0.25) is 0 Å². The van der Waals surface area contributed by atoms with Crippen molar-refractivity contribution in [2.75, 3.05) is 0 Å². The van der Waals surface area contributed by atoms with Crippen molar-refractivity contribution in [2.45, 2.75) is 38.2 Å². The summed E-state index contributed by atoms with van der Waals surface area (Å²) in [5.41, 5.74) is 1.15. The molecule has 60 valence electrons. The van der Waals surface area contributed by atoms with Gasteiger partial charge >= 0.3 is 0 Å². The van der Waals surface area contributed by atoms with Gasteiger partial charge in [0.1, 0.15) is 0 Å². The SMILES string of the molecule is C#CCC(O)C1=CCCCC1. The standard InChI is InChI=1S/C10H14O/c1-2-6-10(11)9-7-4-3-5-8-9/h1,7,10-11H,3-6,8H2. The summed E-state index contributed by atoms with van der Waals surface area (Å²) in [6, 6.07) is 0. The van der Waals surface area contributed by atoms with Crippen molar-refractivity contribution in [3.05, 3.63) is 11.6 Å². The van der Waals surface area contributed by atoms with Gasteiger partial charge in [-0.2, -0.15) is 0 Å². The maximum absolute atomic E-state index is 9.46. The molecule has 1 aliphatic rings. The summed E-state index contributed by atoms with van der Waals surface area (Å²) < 4.78 is 0. The average Bonchev–Trinajstić information content (AvgIpc) is 2.07. The first kappa shape index (κ1) is 8.36. The van der Waals surface area contributed by atoms with Gasteiger partial charge in [0.2, 0.25) is 0 Å². The molecule has 1 N–H and O–H groups in total. The predicted molar refractivity (Wildman–Crippen MR) is 46.0 cm³/mol. The summed E-state index contributed by atoms with van der Waals surface area (Å²) in [4.78, 5) is 0. The lowest BCUT2D eigenvalue weighted by molar-refractivity contribution is 0.209. The molecule has 1 rings (SSSR count). The van der Waals surface area contributed by atoms with Gasteiger partial charge in [0, 0.05) is 6.42 Å². The van der Waals surface area contributed by atoms with Crippen molar-refractivity contribution >= 4 is 0 Å². The number of rotatable bonds is 2. The minimum Gasteiger partial charge on any atom is -0.388 e. The lowest BCUT2D eigenvalue weighted by Crippen LogP contribution is -2.11. The maximum atomic E-state index is 9.46. The van der Waals surface area contributed by atoms with Crippen LogP contribution in [0.15, 0.2) is 11.6 Å². The van der Waals surface area contributed by atoms with Crippen LogP contribution < -0.4 is 0 Å². The third kappa shape index (κ3) is 2.40. The van der Waals surface area contributed by atoms with Gasteiger partial charge in [0.05, 0.1) is 6.10 Å². The molecule has 0 fully saturated rings. The molecule has 1 unspecified atom stereocenters. The fourth-order valence-electron chi connectivity index (χ4n) is 1.41. The highest BCUT2D eigenvalue weighted by Crippen LogP contribution is 2.21. The Kier molecular flexibility index (Phi) is 3.19. The number of aliphatic hydroxyl groups excluding tert-OH is 1. The van der Waals surface area contributed by atoms with E-state index in [1.54, 1.807) is 0 Å². The van der Waals surface area contributed by atoms with E-state index in [4.69, 9.17) is 6.42 Å². The Bertz CT molecular complexity index is 186. The Morgan fingerprint density at radius 3 is 3.00 bits per heavy atom. The van der Waals surface area contributed by atoms with Gasteiger partial charge in [-0.15, -0.1) is 12.3 Å². The summed E-state index contributed by atoms with van der Waals surface area (Å²) in [5.74, 6) is 2.47. The first-order valence-electron chi connectivity index (χ1n) is 4.15. The highest BCUT2D eigenvalue weighted by atomic mass is 16.3. The summed E-state index contributed by atoms with van der Waals surface area (Å²) in [5, 5.41) is 9.46. The second-order valence-corrected chi connectivity index (χ2v) is 2.95. The first-order valence-corrected chi connectivity index (χ1v) is 4.15. The van der Waals surface area contributed by atoms with Gasteiger partial charge in [0.25, 0.3) is 0 Å². The topological polar surface area (TPSA) is 20.2 Å². The van der Waals surface area contributed by atoms with Crippen LogP contribution in [-0.4, -0.2) is 11.2 Å². The average molecular weight is 150 g/mol. The highest BCUT2D eigenvalue weighted by Gasteiger charge is 2.11. The molecule has 1 nitrogen and oxygen atoms in total. The zero-order chi connectivity index (χ0) is 8.10. The van der Waals surface area contributed by atoms with E-state index in [9.17, 15) is 5.11 Å². The van der Waals surface area contributed by atoms with E-state index in [2.05, 4.69) is 12.0 Å². The summed E-state index contributed by atoms with van der Waals surface area (Å²) in [6.45, 7) is 0. The molecule has 0 aliphatic heterocycles. The van der Waals surface area contributed by atoms with E-state index in [0.717, 1.165) is 18.4 Å². The molecule has 1 atom stereocenters. The Balaban J connectivity index is 2.45. The van der Waals surface area contributed by atoms with Crippen LogP contribution in [0.5, 0.6) is 0 Å². The Morgan fingerprint density at radius 2 is 2.45 bits per heavy atom. The minimum atomic E-state index is -0.375. The number of terminal acetylenes is 1. The third-order valence-electron chi connectivity index (χ3n) is 2.07. The van der Waals surface area contributed by atoms with Crippen LogP contribution in [0.4, 0.5) is 0 Å². The molecule has 1 heteroatoms. The smallest absolute Gasteiger partial charge is 0.0859 e. The fraction of sp³-hybridized carbons (Fsp3) is 0.600. The monoisotopic (exact) mass is 150 g/mol.